The van der Waals surface area contributed by atoms with Crippen molar-refractivity contribution in [1.82, 2.24) is 10.4 Å². The third kappa shape index (κ3) is 5.08. The first-order valence-electron chi connectivity index (χ1n) is 9.32. The lowest BCUT2D eigenvalue weighted by atomic mass is 9.97. The Morgan fingerprint density at radius 1 is 1.07 bits per heavy atom. The van der Waals surface area contributed by atoms with Crippen LogP contribution in [-0.2, 0) is 0 Å². The second-order valence-electron chi connectivity index (χ2n) is 6.67. The fourth-order valence-corrected chi connectivity index (χ4v) is 3.96. The molecule has 9 heteroatoms. The van der Waals surface area contributed by atoms with Crippen LogP contribution >= 0.6 is 34.8 Å². The lowest BCUT2D eigenvalue weighted by Gasteiger charge is -2.27. The van der Waals surface area contributed by atoms with Gasteiger partial charge < -0.3 is 10.2 Å². The molecule has 0 radical (unpaired) electrons. The van der Waals surface area contributed by atoms with Crippen LogP contribution in [0.4, 0.5) is 16.2 Å². The zero-order valence-corrected chi connectivity index (χ0v) is 18.7. The molecule has 0 saturated heterocycles. The van der Waals surface area contributed by atoms with E-state index in [0.717, 1.165) is 33.4 Å². The highest BCUT2D eigenvalue weighted by Gasteiger charge is 2.17. The van der Waals surface area contributed by atoms with Crippen molar-refractivity contribution in [2.75, 3.05) is 35.1 Å². The highest BCUT2D eigenvalue weighted by molar-refractivity contribution is 6.31. The van der Waals surface area contributed by atoms with Crippen molar-refractivity contribution in [3.63, 3.8) is 0 Å². The van der Waals surface area contributed by atoms with Crippen LogP contribution in [0.2, 0.25) is 5.02 Å². The summed E-state index contributed by atoms with van der Waals surface area (Å²) in [4.78, 5) is 18.5. The minimum atomic E-state index is -0.508. The third-order valence-corrected chi connectivity index (χ3v) is 5.20. The standard InChI is InChI=1S/C21H22Cl3N5O/c1-13-10-16(17-11-14(24)2-4-19(17)26-13)18-12-15(27-21(30)28-25)3-5-20(18)29(8-6-22)9-7-23/h2-5,10-12H,6-9,25H2,1H3,(H2,27,28,30). The molecule has 0 fully saturated rings. The summed E-state index contributed by atoms with van der Waals surface area (Å²) in [5.41, 5.74) is 7.16. The van der Waals surface area contributed by atoms with Crippen LogP contribution in [0.1, 0.15) is 5.69 Å². The molecule has 1 aromatic heterocycles. The van der Waals surface area contributed by atoms with E-state index >= 15 is 0 Å². The summed E-state index contributed by atoms with van der Waals surface area (Å²) in [5, 5.41) is 4.24. The molecular formula is C21H22Cl3N5O. The molecule has 158 valence electrons. The first kappa shape index (κ1) is 22.4. The summed E-state index contributed by atoms with van der Waals surface area (Å²) in [7, 11) is 0. The zero-order valence-electron chi connectivity index (χ0n) is 16.4. The Kier molecular flexibility index (Phi) is 7.61. The maximum atomic E-state index is 11.7. The lowest BCUT2D eigenvalue weighted by molar-refractivity contribution is 0.252. The van der Waals surface area contributed by atoms with E-state index in [1.165, 1.54) is 0 Å². The van der Waals surface area contributed by atoms with Crippen LogP contribution in [0.3, 0.4) is 0 Å². The van der Waals surface area contributed by atoms with Gasteiger partial charge in [-0.05, 0) is 55.0 Å². The van der Waals surface area contributed by atoms with Crippen LogP contribution in [0.25, 0.3) is 22.0 Å². The molecule has 6 nitrogen and oxygen atoms in total. The summed E-state index contributed by atoms with van der Waals surface area (Å²) in [6.45, 7) is 3.19. The number of nitrogens with one attached hydrogen (secondary N) is 2. The average molecular weight is 467 g/mol. The Labute approximate surface area is 190 Å². The van der Waals surface area contributed by atoms with Crippen LogP contribution in [0, 0.1) is 6.92 Å². The second-order valence-corrected chi connectivity index (χ2v) is 7.86. The highest BCUT2D eigenvalue weighted by atomic mass is 35.5. The Bertz CT molecular complexity index is 1050. The number of carbonyl (C=O) groups excluding carboxylic acids is 1. The lowest BCUT2D eigenvalue weighted by Crippen LogP contribution is -2.34. The van der Waals surface area contributed by atoms with Crippen LogP contribution < -0.4 is 21.5 Å². The number of hydrogen-bond acceptors (Lipinski definition) is 4. The van der Waals surface area contributed by atoms with E-state index in [0.29, 0.717) is 35.6 Å². The third-order valence-electron chi connectivity index (χ3n) is 4.62. The molecule has 30 heavy (non-hydrogen) atoms. The Hall–Kier alpha value is -2.25. The topological polar surface area (TPSA) is 83.3 Å². The molecule has 0 atom stereocenters. The van der Waals surface area contributed by atoms with Gasteiger partial charge in [0.1, 0.15) is 0 Å². The largest absolute Gasteiger partial charge is 0.369 e. The van der Waals surface area contributed by atoms with Gasteiger partial charge in [-0.3, -0.25) is 10.4 Å². The number of benzene rings is 2. The number of hydrazine groups is 1. The molecule has 2 amide bonds. The Morgan fingerprint density at radius 2 is 1.80 bits per heavy atom. The van der Waals surface area contributed by atoms with Gasteiger partial charge in [0, 0.05) is 57.9 Å². The fraction of sp³-hybridized carbons (Fsp3) is 0.238. The molecule has 0 saturated carbocycles. The summed E-state index contributed by atoms with van der Waals surface area (Å²) in [5.74, 6) is 6.12. The van der Waals surface area contributed by atoms with E-state index in [1.54, 1.807) is 0 Å². The molecule has 3 aromatic rings. The van der Waals surface area contributed by atoms with Gasteiger partial charge in [-0.25, -0.2) is 10.6 Å². The smallest absolute Gasteiger partial charge is 0.333 e. The van der Waals surface area contributed by atoms with Crippen LogP contribution in [-0.4, -0.2) is 35.9 Å². The number of halogens is 3. The molecule has 0 aliphatic heterocycles. The zero-order chi connectivity index (χ0) is 21.7. The van der Waals surface area contributed by atoms with Crippen molar-refractivity contribution in [3.8, 4) is 11.1 Å². The Balaban J connectivity index is 2.27. The predicted octanol–water partition coefficient (Wildman–Crippen LogP) is 5.14. The molecule has 3 rings (SSSR count). The molecular weight excluding hydrogens is 445 g/mol. The molecule has 2 aromatic carbocycles. The van der Waals surface area contributed by atoms with Crippen molar-refractivity contribution in [3.05, 3.63) is 53.2 Å². The maximum Gasteiger partial charge on any atom is 0.333 e. The number of urea groups is 1. The normalized spacial score (nSPS) is 10.8. The predicted molar refractivity (Wildman–Crippen MR) is 127 cm³/mol. The molecule has 0 aliphatic rings. The van der Waals surface area contributed by atoms with E-state index in [4.69, 9.17) is 40.6 Å². The number of alkyl halides is 2. The number of nitrogens with zero attached hydrogens (tertiary/aromatic N) is 2. The monoisotopic (exact) mass is 465 g/mol. The van der Waals surface area contributed by atoms with Crippen molar-refractivity contribution in [2.45, 2.75) is 6.92 Å². The minimum absolute atomic E-state index is 0.452. The number of carbonyl (C=O) groups is 1. The number of aromatic nitrogens is 1. The van der Waals surface area contributed by atoms with Gasteiger partial charge in [0.15, 0.2) is 0 Å². The SMILES string of the molecule is Cc1cc(-c2cc(NC(=O)NN)ccc2N(CCCl)CCCl)c2cc(Cl)ccc2n1. The number of hydrogen-bond donors (Lipinski definition) is 3. The van der Waals surface area contributed by atoms with Crippen LogP contribution in [0.5, 0.6) is 0 Å². The molecule has 4 N–H and O–H groups in total. The molecule has 0 bridgehead atoms. The number of nitrogens with two attached hydrogens (primary N) is 1. The van der Waals surface area contributed by atoms with Gasteiger partial charge in [0.2, 0.25) is 0 Å². The molecule has 0 aliphatic carbocycles. The number of pyridine rings is 1. The number of rotatable bonds is 7. The summed E-state index contributed by atoms with van der Waals surface area (Å²) >= 11 is 18.4. The number of anilines is 2. The van der Waals surface area contributed by atoms with Crippen molar-refractivity contribution in [1.29, 1.82) is 0 Å². The van der Waals surface area contributed by atoms with Crippen molar-refractivity contribution < 1.29 is 4.79 Å². The van der Waals surface area contributed by atoms with Gasteiger partial charge in [-0.15, -0.1) is 23.2 Å². The van der Waals surface area contributed by atoms with E-state index in [1.807, 2.05) is 49.4 Å². The van der Waals surface area contributed by atoms with Crippen molar-refractivity contribution in [2.24, 2.45) is 5.84 Å². The summed E-state index contributed by atoms with van der Waals surface area (Å²) in [6.07, 6.45) is 0. The van der Waals surface area contributed by atoms with E-state index in [9.17, 15) is 4.79 Å². The first-order valence-corrected chi connectivity index (χ1v) is 10.8. The van der Waals surface area contributed by atoms with Gasteiger partial charge >= 0.3 is 6.03 Å². The van der Waals surface area contributed by atoms with Gasteiger partial charge in [0.05, 0.1) is 5.52 Å². The summed E-state index contributed by atoms with van der Waals surface area (Å²) in [6, 6.07) is 12.7. The van der Waals surface area contributed by atoms with Crippen LogP contribution in [0.15, 0.2) is 42.5 Å². The van der Waals surface area contributed by atoms with Crippen molar-refractivity contribution >= 4 is 63.1 Å². The van der Waals surface area contributed by atoms with E-state index in [2.05, 4.69) is 20.6 Å². The Morgan fingerprint density at radius 3 is 2.47 bits per heavy atom. The van der Waals surface area contributed by atoms with E-state index < -0.39 is 6.03 Å². The highest BCUT2D eigenvalue weighted by Crippen LogP contribution is 2.38. The molecule has 0 spiro atoms. The van der Waals surface area contributed by atoms with Gasteiger partial charge in [-0.2, -0.15) is 0 Å². The fourth-order valence-electron chi connectivity index (χ4n) is 3.38. The second kappa shape index (κ2) is 10.2. The number of fused-ring (bicyclic) bond motifs is 1. The van der Waals surface area contributed by atoms with Gasteiger partial charge in [0.25, 0.3) is 0 Å². The maximum absolute atomic E-state index is 11.7. The van der Waals surface area contributed by atoms with E-state index in [-0.39, 0.29) is 0 Å². The number of aryl methyl sites for hydroxylation is 1. The first-order chi connectivity index (χ1) is 14.5. The molecule has 0 unspecified atom stereocenters. The average Bonchev–Trinajstić information content (AvgIpc) is 2.73. The minimum Gasteiger partial charge on any atom is -0.369 e. The quantitative estimate of drug-likeness (QED) is 0.195. The van der Waals surface area contributed by atoms with Gasteiger partial charge in [-0.1, -0.05) is 11.6 Å². The molecule has 1 heterocycles. The number of amides is 2. The summed E-state index contributed by atoms with van der Waals surface area (Å²) < 4.78 is 0.